The Balaban J connectivity index is 1.53. The van der Waals surface area contributed by atoms with Gasteiger partial charge in [0.05, 0.1) is 31.8 Å². The average molecular weight is 609 g/mol. The lowest BCUT2D eigenvalue weighted by molar-refractivity contribution is -0.152. The number of allylic oxidation sites excluding steroid dienone is 1. The van der Waals surface area contributed by atoms with Crippen LogP contribution in [0.25, 0.3) is 17.1 Å². The van der Waals surface area contributed by atoms with Gasteiger partial charge in [0.25, 0.3) is 0 Å². The monoisotopic (exact) mass is 608 g/mol. The molecule has 1 N–H and O–H groups in total. The van der Waals surface area contributed by atoms with Crippen LogP contribution < -0.4 is 14.8 Å². The van der Waals surface area contributed by atoms with Crippen LogP contribution in [0, 0.1) is 17.3 Å². The molecule has 238 valence electrons. The number of hydrogen-bond acceptors (Lipinski definition) is 9. The van der Waals surface area contributed by atoms with Gasteiger partial charge >= 0.3 is 12.1 Å². The fourth-order valence-electron chi connectivity index (χ4n) is 6.60. The number of carbonyl (C=O) groups excluding carboxylic acids is 3. The van der Waals surface area contributed by atoms with Gasteiger partial charge in [-0.05, 0) is 67.6 Å². The van der Waals surface area contributed by atoms with Crippen LogP contribution in [0.2, 0.25) is 0 Å². The van der Waals surface area contributed by atoms with E-state index in [1.807, 2.05) is 39.0 Å². The Bertz CT molecular complexity index is 1420. The minimum atomic E-state index is -0.941. The van der Waals surface area contributed by atoms with Gasteiger partial charge in [-0.3, -0.25) is 4.79 Å². The van der Waals surface area contributed by atoms with Crippen LogP contribution in [0.15, 0.2) is 24.3 Å². The van der Waals surface area contributed by atoms with E-state index < -0.39 is 41.6 Å². The predicted molar refractivity (Wildman–Crippen MR) is 164 cm³/mol. The number of aromatic nitrogens is 2. The van der Waals surface area contributed by atoms with Crippen molar-refractivity contribution in [1.82, 2.24) is 20.2 Å². The zero-order chi connectivity index (χ0) is 31.6. The van der Waals surface area contributed by atoms with Crippen LogP contribution in [-0.2, 0) is 19.1 Å². The molecule has 1 saturated carbocycles. The lowest BCUT2D eigenvalue weighted by Crippen LogP contribution is -2.57. The molecule has 0 unspecified atom stereocenters. The molecule has 1 saturated heterocycles. The number of fused-ring (bicyclic) bond motifs is 5. The van der Waals surface area contributed by atoms with Crippen molar-refractivity contribution in [2.45, 2.75) is 90.5 Å². The molecule has 2 aromatic rings. The third kappa shape index (κ3) is 6.92. The number of nitrogens with one attached hydrogen (secondary N) is 1. The van der Waals surface area contributed by atoms with Crippen molar-refractivity contribution < 1.29 is 33.3 Å². The molecule has 1 aromatic heterocycles. The lowest BCUT2D eigenvalue weighted by Gasteiger charge is -2.35. The number of nitrogens with zero attached hydrogens (tertiary/aromatic N) is 3. The molecular weight excluding hydrogens is 564 g/mol. The molecule has 0 radical (unpaired) electrons. The van der Waals surface area contributed by atoms with Crippen LogP contribution in [0.3, 0.4) is 0 Å². The summed E-state index contributed by atoms with van der Waals surface area (Å²) in [6.45, 7) is 7.90. The minimum Gasteiger partial charge on any atom is -0.497 e. The largest absolute Gasteiger partial charge is 0.497 e. The van der Waals surface area contributed by atoms with Crippen molar-refractivity contribution >= 4 is 35.1 Å². The molecule has 2 amide bonds. The fraction of sp³-hybridized carbons (Fsp3) is 0.606. The smallest absolute Gasteiger partial charge is 0.408 e. The first-order valence-electron chi connectivity index (χ1n) is 15.5. The molecule has 6 atom stereocenters. The first-order valence-corrected chi connectivity index (χ1v) is 15.5. The van der Waals surface area contributed by atoms with Gasteiger partial charge in [-0.25, -0.2) is 19.6 Å². The number of amides is 2. The van der Waals surface area contributed by atoms with Crippen molar-refractivity contribution in [3.63, 3.8) is 0 Å². The van der Waals surface area contributed by atoms with Crippen LogP contribution in [0.4, 0.5) is 4.79 Å². The highest BCUT2D eigenvalue weighted by Gasteiger charge is 2.47. The molecule has 2 fully saturated rings. The normalized spacial score (nSPS) is 28.9. The highest BCUT2D eigenvalue weighted by Crippen LogP contribution is 2.37. The van der Waals surface area contributed by atoms with E-state index in [4.69, 9.17) is 28.9 Å². The second kappa shape index (κ2) is 13.0. The number of carbonyl (C=O) groups is 3. The molecule has 3 heterocycles. The van der Waals surface area contributed by atoms with E-state index in [9.17, 15) is 14.4 Å². The summed E-state index contributed by atoms with van der Waals surface area (Å²) >= 11 is 0. The van der Waals surface area contributed by atoms with Crippen molar-refractivity contribution in [3.05, 3.63) is 30.0 Å². The van der Waals surface area contributed by atoms with E-state index in [0.29, 0.717) is 34.3 Å². The van der Waals surface area contributed by atoms with Gasteiger partial charge in [-0.1, -0.05) is 33.8 Å². The Morgan fingerprint density at radius 2 is 1.86 bits per heavy atom. The summed E-state index contributed by atoms with van der Waals surface area (Å²) in [4.78, 5) is 51.4. The second-order valence-electron chi connectivity index (χ2n) is 13.3. The molecule has 5 rings (SSSR count). The summed E-state index contributed by atoms with van der Waals surface area (Å²) in [5.41, 5.74) is 1.20. The Morgan fingerprint density at radius 1 is 1.07 bits per heavy atom. The number of ether oxygens (including phenoxy) is 4. The van der Waals surface area contributed by atoms with Crippen molar-refractivity contribution in [2.75, 3.05) is 20.8 Å². The van der Waals surface area contributed by atoms with Crippen LogP contribution in [-0.4, -0.2) is 77.9 Å². The first-order chi connectivity index (χ1) is 21.0. The van der Waals surface area contributed by atoms with Crippen molar-refractivity contribution in [2.24, 2.45) is 17.3 Å². The summed E-state index contributed by atoms with van der Waals surface area (Å²) in [6, 6.07) is 3.65. The standard InChI is InChI=1S/C33H44N4O7/c1-19-14-20-10-8-7-9-11-24-29(35-25-16-21(41-5)12-13-23(25)34-24)43-22-17-26(31(39)42-6)37(18-22)30(38)28(33(2,3)4)36-32(40)44-27(20)15-19/h9,11-13,16,19-20,22,26-28H,7-8,10,14-15,17-18H2,1-6H3,(H,36,40)/b11-9+/t19-,20-,22-,26+,27-,28-/m1/s1. The summed E-state index contributed by atoms with van der Waals surface area (Å²) < 4.78 is 22.8. The van der Waals surface area contributed by atoms with E-state index in [1.54, 1.807) is 13.2 Å². The summed E-state index contributed by atoms with van der Waals surface area (Å²) in [5, 5.41) is 2.85. The highest BCUT2D eigenvalue weighted by molar-refractivity contribution is 5.91. The van der Waals surface area contributed by atoms with Gasteiger partial charge in [0.2, 0.25) is 11.8 Å². The third-order valence-electron chi connectivity index (χ3n) is 8.88. The van der Waals surface area contributed by atoms with Crippen LogP contribution in [0.5, 0.6) is 11.6 Å². The fourth-order valence-corrected chi connectivity index (χ4v) is 6.60. The van der Waals surface area contributed by atoms with E-state index >= 15 is 0 Å². The van der Waals surface area contributed by atoms with Gasteiger partial charge in [0.15, 0.2) is 0 Å². The lowest BCUT2D eigenvalue weighted by atomic mass is 9.85. The molecule has 0 spiro atoms. The topological polar surface area (TPSA) is 129 Å². The SMILES string of the molecule is COC(=O)[C@@H]1C[C@@H]2CN1C(=O)[C@H](C(C)(C)C)NC(=O)O[C@@H]1C[C@H](C)C[C@H]1CCC/C=C/c1nc3ccc(OC)cc3nc1O2. The van der Waals surface area contributed by atoms with Crippen LogP contribution >= 0.6 is 0 Å². The predicted octanol–water partition coefficient (Wildman–Crippen LogP) is 4.91. The van der Waals surface area contributed by atoms with E-state index in [1.165, 1.54) is 12.0 Å². The zero-order valence-electron chi connectivity index (χ0n) is 26.5. The molecule has 11 heteroatoms. The van der Waals surface area contributed by atoms with Gasteiger partial charge in [-0.15, -0.1) is 0 Å². The molecule has 44 heavy (non-hydrogen) atoms. The maximum atomic E-state index is 14.1. The summed E-state index contributed by atoms with van der Waals surface area (Å²) in [5.74, 6) is 0.681. The number of rotatable bonds is 2. The Morgan fingerprint density at radius 3 is 2.59 bits per heavy atom. The van der Waals surface area contributed by atoms with Gasteiger partial charge in [0.1, 0.15) is 35.7 Å². The first kappa shape index (κ1) is 31.5. The van der Waals surface area contributed by atoms with Gasteiger partial charge in [0, 0.05) is 12.5 Å². The summed E-state index contributed by atoms with van der Waals surface area (Å²) in [6.07, 6.45) is 7.20. The number of esters is 1. The van der Waals surface area contributed by atoms with Crippen molar-refractivity contribution in [1.29, 1.82) is 0 Å². The molecule has 2 aliphatic heterocycles. The zero-order valence-corrected chi connectivity index (χ0v) is 26.5. The van der Waals surface area contributed by atoms with Crippen LogP contribution in [0.1, 0.15) is 71.9 Å². The van der Waals surface area contributed by atoms with E-state index in [-0.39, 0.29) is 25.0 Å². The molecule has 1 aromatic carbocycles. The van der Waals surface area contributed by atoms with E-state index in [0.717, 1.165) is 32.1 Å². The summed E-state index contributed by atoms with van der Waals surface area (Å²) in [7, 11) is 2.88. The maximum absolute atomic E-state index is 14.1. The van der Waals surface area contributed by atoms with Gasteiger partial charge in [-0.2, -0.15) is 0 Å². The molecule has 1 aliphatic carbocycles. The molecule has 3 aliphatic rings. The second-order valence-corrected chi connectivity index (χ2v) is 13.3. The number of alkyl carbamates (subject to hydrolysis) is 1. The maximum Gasteiger partial charge on any atom is 0.408 e. The Kier molecular flexibility index (Phi) is 9.31. The highest BCUT2D eigenvalue weighted by atomic mass is 16.6. The van der Waals surface area contributed by atoms with Crippen molar-refractivity contribution in [3.8, 4) is 11.6 Å². The number of benzene rings is 1. The number of methoxy groups -OCH3 is 2. The molecule has 2 bridgehead atoms. The number of hydrogen-bond donors (Lipinski definition) is 1. The minimum absolute atomic E-state index is 0.102. The Labute approximate surface area is 258 Å². The molecule has 11 nitrogen and oxygen atoms in total. The third-order valence-corrected chi connectivity index (χ3v) is 8.88. The Hall–Kier alpha value is -3.89. The average Bonchev–Trinajstić information content (AvgIpc) is 3.56. The quantitative estimate of drug-likeness (QED) is 0.473. The van der Waals surface area contributed by atoms with E-state index in [2.05, 4.69) is 18.3 Å². The van der Waals surface area contributed by atoms with Gasteiger partial charge < -0.3 is 29.2 Å². The molecular formula is C33H44N4O7.